The average Bonchev–Trinajstić information content (AvgIpc) is 3.23. The Kier molecular flexibility index (Phi) is 3.58. The van der Waals surface area contributed by atoms with Gasteiger partial charge >= 0.3 is 0 Å². The molecule has 0 aliphatic carbocycles. The summed E-state index contributed by atoms with van der Waals surface area (Å²) in [4.78, 5) is 9.06. The molecule has 108 valence electrons. The lowest BCUT2D eigenvalue weighted by Crippen LogP contribution is -2.00. The number of benzene rings is 1. The molecule has 0 spiro atoms. The molecular weight excluding hydrogens is 310 g/mol. The molecule has 0 aliphatic heterocycles. The number of pyridine rings is 1. The summed E-state index contributed by atoms with van der Waals surface area (Å²) in [5, 5.41) is 8.71. The van der Waals surface area contributed by atoms with E-state index in [1.54, 1.807) is 22.7 Å². The lowest BCUT2D eigenvalue weighted by Gasteiger charge is -2.05. The summed E-state index contributed by atoms with van der Waals surface area (Å²) in [5.74, 6) is 0. The summed E-state index contributed by atoms with van der Waals surface area (Å²) in [6.07, 6.45) is 1.84. The Hall–Kier alpha value is -2.24. The zero-order valence-electron chi connectivity index (χ0n) is 11.7. The minimum Gasteiger partial charge on any atom is -0.378 e. The van der Waals surface area contributed by atoms with Gasteiger partial charge in [-0.05, 0) is 17.5 Å². The van der Waals surface area contributed by atoms with E-state index in [2.05, 4.69) is 33.2 Å². The van der Waals surface area contributed by atoms with Crippen LogP contribution in [0.4, 0.5) is 5.69 Å². The van der Waals surface area contributed by atoms with Crippen LogP contribution in [0.15, 0.2) is 59.4 Å². The molecule has 0 bridgehead atoms. The van der Waals surface area contributed by atoms with Gasteiger partial charge in [-0.25, -0.2) is 4.98 Å². The van der Waals surface area contributed by atoms with Crippen LogP contribution in [0.2, 0.25) is 0 Å². The van der Waals surface area contributed by atoms with Crippen LogP contribution in [0.3, 0.4) is 0 Å². The number of hydrogen-bond acceptors (Lipinski definition) is 5. The quantitative estimate of drug-likeness (QED) is 0.572. The Morgan fingerprint density at radius 3 is 2.82 bits per heavy atom. The van der Waals surface area contributed by atoms with Gasteiger partial charge in [0.15, 0.2) is 0 Å². The van der Waals surface area contributed by atoms with E-state index in [0.29, 0.717) is 0 Å². The Bertz CT molecular complexity index is 896. The van der Waals surface area contributed by atoms with Gasteiger partial charge in [-0.1, -0.05) is 30.3 Å². The summed E-state index contributed by atoms with van der Waals surface area (Å²) < 4.78 is 1.20. The first-order valence-electron chi connectivity index (χ1n) is 6.96. The molecule has 0 unspecified atom stereocenters. The van der Waals surface area contributed by atoms with Crippen molar-refractivity contribution in [2.24, 2.45) is 0 Å². The van der Waals surface area contributed by atoms with Gasteiger partial charge in [0.2, 0.25) is 0 Å². The molecule has 22 heavy (non-hydrogen) atoms. The maximum absolute atomic E-state index is 4.71. The van der Waals surface area contributed by atoms with E-state index in [1.165, 1.54) is 10.3 Å². The Morgan fingerprint density at radius 1 is 1.00 bits per heavy atom. The summed E-state index contributed by atoms with van der Waals surface area (Å²) in [6.45, 7) is 0.723. The third-order valence-corrected chi connectivity index (χ3v) is 5.25. The molecule has 1 N–H and O–H groups in total. The van der Waals surface area contributed by atoms with E-state index < -0.39 is 0 Å². The third-order valence-electron chi connectivity index (χ3n) is 3.38. The van der Waals surface area contributed by atoms with Crippen LogP contribution in [0.5, 0.6) is 0 Å². The third kappa shape index (κ3) is 2.61. The molecule has 4 rings (SSSR count). The van der Waals surface area contributed by atoms with E-state index in [4.69, 9.17) is 4.98 Å². The van der Waals surface area contributed by atoms with Crippen LogP contribution >= 0.6 is 22.7 Å². The SMILES string of the molecule is c1ccc(-c2nc(CNc3ccnc4ccsc34)cs2)cc1. The van der Waals surface area contributed by atoms with Crippen molar-refractivity contribution in [2.75, 3.05) is 5.32 Å². The second kappa shape index (κ2) is 5.87. The summed E-state index contributed by atoms with van der Waals surface area (Å²) in [6, 6.07) is 14.3. The minimum atomic E-state index is 0.723. The van der Waals surface area contributed by atoms with E-state index in [0.717, 1.165) is 28.5 Å². The lowest BCUT2D eigenvalue weighted by atomic mass is 10.2. The second-order valence-corrected chi connectivity index (χ2v) is 6.63. The molecular formula is C17H13N3S2. The number of nitrogens with one attached hydrogen (secondary N) is 1. The summed E-state index contributed by atoms with van der Waals surface area (Å²) in [5.41, 5.74) is 4.39. The highest BCUT2D eigenvalue weighted by Gasteiger charge is 2.06. The molecule has 0 radical (unpaired) electrons. The van der Waals surface area contributed by atoms with Crippen molar-refractivity contribution in [2.45, 2.75) is 6.54 Å². The minimum absolute atomic E-state index is 0.723. The molecule has 3 heterocycles. The normalized spacial score (nSPS) is 10.9. The predicted octanol–water partition coefficient (Wildman–Crippen LogP) is 5.03. The Balaban J connectivity index is 1.53. The smallest absolute Gasteiger partial charge is 0.123 e. The maximum atomic E-state index is 4.71. The average molecular weight is 323 g/mol. The monoisotopic (exact) mass is 323 g/mol. The number of thiophene rings is 1. The molecule has 3 nitrogen and oxygen atoms in total. The van der Waals surface area contributed by atoms with Crippen molar-refractivity contribution >= 4 is 38.6 Å². The van der Waals surface area contributed by atoms with Gasteiger partial charge in [-0.3, -0.25) is 4.98 Å². The van der Waals surface area contributed by atoms with Gasteiger partial charge in [-0.2, -0.15) is 0 Å². The Labute approximate surface area is 136 Å². The summed E-state index contributed by atoms with van der Waals surface area (Å²) in [7, 11) is 0. The van der Waals surface area contributed by atoms with E-state index in [9.17, 15) is 0 Å². The van der Waals surface area contributed by atoms with Crippen LogP contribution in [0, 0.1) is 0 Å². The largest absolute Gasteiger partial charge is 0.378 e. The first kappa shape index (κ1) is 13.4. The van der Waals surface area contributed by atoms with Crippen molar-refractivity contribution < 1.29 is 0 Å². The fourth-order valence-electron chi connectivity index (χ4n) is 2.30. The number of aromatic nitrogens is 2. The van der Waals surface area contributed by atoms with Crippen molar-refractivity contribution in [1.82, 2.24) is 9.97 Å². The highest BCUT2D eigenvalue weighted by molar-refractivity contribution is 7.17. The standard InChI is InChI=1S/C17H13N3S2/c1-2-4-12(5-3-1)17-20-13(11-22-17)10-19-14-6-8-18-15-7-9-21-16(14)15/h1-9,11H,10H2,(H,18,19). The molecule has 0 atom stereocenters. The highest BCUT2D eigenvalue weighted by atomic mass is 32.1. The zero-order chi connectivity index (χ0) is 14.8. The number of anilines is 1. The summed E-state index contributed by atoms with van der Waals surface area (Å²) >= 11 is 3.39. The van der Waals surface area contributed by atoms with Crippen LogP contribution in [0.25, 0.3) is 20.8 Å². The van der Waals surface area contributed by atoms with Gasteiger partial charge in [0, 0.05) is 17.1 Å². The second-order valence-electron chi connectivity index (χ2n) is 4.86. The molecule has 0 saturated carbocycles. The molecule has 3 aromatic heterocycles. The van der Waals surface area contributed by atoms with Gasteiger partial charge in [0.1, 0.15) is 5.01 Å². The fourth-order valence-corrected chi connectivity index (χ4v) is 3.97. The van der Waals surface area contributed by atoms with Gasteiger partial charge in [0.05, 0.1) is 28.1 Å². The molecule has 1 aromatic carbocycles. The molecule has 0 amide bonds. The zero-order valence-corrected chi connectivity index (χ0v) is 13.3. The molecule has 0 saturated heterocycles. The molecule has 0 aliphatic rings. The van der Waals surface area contributed by atoms with Crippen molar-refractivity contribution in [1.29, 1.82) is 0 Å². The first-order valence-corrected chi connectivity index (χ1v) is 8.72. The molecule has 0 fully saturated rings. The van der Waals surface area contributed by atoms with E-state index >= 15 is 0 Å². The van der Waals surface area contributed by atoms with Gasteiger partial charge in [0.25, 0.3) is 0 Å². The topological polar surface area (TPSA) is 37.8 Å². The van der Waals surface area contributed by atoms with Gasteiger partial charge < -0.3 is 5.32 Å². The van der Waals surface area contributed by atoms with Crippen LogP contribution in [-0.2, 0) is 6.54 Å². The number of nitrogens with zero attached hydrogens (tertiary/aromatic N) is 2. The Morgan fingerprint density at radius 2 is 1.91 bits per heavy atom. The first-order chi connectivity index (χ1) is 10.9. The molecule has 4 aromatic rings. The number of rotatable bonds is 4. The predicted molar refractivity (Wildman–Crippen MR) is 94.5 cm³/mol. The van der Waals surface area contributed by atoms with Crippen LogP contribution < -0.4 is 5.32 Å². The number of thiazole rings is 1. The van der Waals surface area contributed by atoms with Crippen LogP contribution in [-0.4, -0.2) is 9.97 Å². The number of hydrogen-bond donors (Lipinski definition) is 1. The highest BCUT2D eigenvalue weighted by Crippen LogP contribution is 2.28. The van der Waals surface area contributed by atoms with Crippen molar-refractivity contribution in [3.8, 4) is 10.6 Å². The van der Waals surface area contributed by atoms with Crippen LogP contribution in [0.1, 0.15) is 5.69 Å². The van der Waals surface area contributed by atoms with Crippen molar-refractivity contribution in [3.05, 3.63) is 65.1 Å². The van der Waals surface area contributed by atoms with E-state index in [-0.39, 0.29) is 0 Å². The lowest BCUT2D eigenvalue weighted by molar-refractivity contribution is 1.08. The maximum Gasteiger partial charge on any atom is 0.123 e. The number of fused-ring (bicyclic) bond motifs is 1. The van der Waals surface area contributed by atoms with E-state index in [1.807, 2.05) is 36.5 Å². The molecule has 5 heteroatoms. The van der Waals surface area contributed by atoms with Gasteiger partial charge in [-0.15, -0.1) is 22.7 Å². The van der Waals surface area contributed by atoms with Crippen molar-refractivity contribution in [3.63, 3.8) is 0 Å². The fraction of sp³-hybridized carbons (Fsp3) is 0.0588.